The quantitative estimate of drug-likeness (QED) is 0.532. The van der Waals surface area contributed by atoms with Crippen LogP contribution in [0.5, 0.6) is 0 Å². The summed E-state index contributed by atoms with van der Waals surface area (Å²) in [6, 6.07) is 11.1. The molecule has 3 heterocycles. The Labute approximate surface area is 130 Å². The zero-order chi connectivity index (χ0) is 15.3. The van der Waals surface area contributed by atoms with Crippen LogP contribution >= 0.6 is 11.6 Å². The van der Waals surface area contributed by atoms with E-state index < -0.39 is 5.82 Å². The van der Waals surface area contributed by atoms with Crippen molar-refractivity contribution in [2.75, 3.05) is 0 Å². The lowest BCUT2D eigenvalue weighted by atomic mass is 10.1. The van der Waals surface area contributed by atoms with Crippen molar-refractivity contribution < 1.29 is 4.39 Å². The molecule has 0 amide bonds. The van der Waals surface area contributed by atoms with Crippen LogP contribution in [0.15, 0.2) is 42.6 Å². The van der Waals surface area contributed by atoms with Crippen LogP contribution in [-0.2, 0) is 0 Å². The van der Waals surface area contributed by atoms with E-state index in [-0.39, 0.29) is 10.7 Å². The van der Waals surface area contributed by atoms with E-state index in [0.29, 0.717) is 11.5 Å². The second kappa shape index (κ2) is 4.74. The largest absolute Gasteiger partial charge is 0.277 e. The zero-order valence-corrected chi connectivity index (χ0v) is 12.3. The first-order chi connectivity index (χ1) is 10.6. The standard InChI is InChI=1S/C16H10ClFN4/c1-9-6-10-4-2-3-5-13(10)19-14(9)16-21-20-15-12(18)7-11(17)8-22(15)16/h2-8H,1H3. The van der Waals surface area contributed by atoms with Gasteiger partial charge in [0.2, 0.25) is 0 Å². The van der Waals surface area contributed by atoms with Crippen LogP contribution in [0.3, 0.4) is 0 Å². The van der Waals surface area contributed by atoms with Crippen molar-refractivity contribution in [2.24, 2.45) is 0 Å². The highest BCUT2D eigenvalue weighted by atomic mass is 35.5. The van der Waals surface area contributed by atoms with Gasteiger partial charge in [0.1, 0.15) is 5.69 Å². The smallest absolute Gasteiger partial charge is 0.197 e. The molecule has 6 heteroatoms. The Morgan fingerprint density at radius 1 is 1.14 bits per heavy atom. The maximum Gasteiger partial charge on any atom is 0.197 e. The lowest BCUT2D eigenvalue weighted by Gasteiger charge is -2.06. The van der Waals surface area contributed by atoms with E-state index in [4.69, 9.17) is 11.6 Å². The molecule has 0 atom stereocenters. The van der Waals surface area contributed by atoms with Gasteiger partial charge in [0, 0.05) is 11.6 Å². The monoisotopic (exact) mass is 312 g/mol. The van der Waals surface area contributed by atoms with Gasteiger partial charge in [0.25, 0.3) is 0 Å². The molecule has 4 nitrogen and oxygen atoms in total. The molecule has 0 radical (unpaired) electrons. The van der Waals surface area contributed by atoms with E-state index in [1.54, 1.807) is 6.20 Å². The summed E-state index contributed by atoms with van der Waals surface area (Å²) in [5.74, 6) is -0.0376. The van der Waals surface area contributed by atoms with E-state index in [9.17, 15) is 4.39 Å². The van der Waals surface area contributed by atoms with Gasteiger partial charge in [-0.3, -0.25) is 4.40 Å². The molecule has 4 rings (SSSR count). The molecule has 0 bridgehead atoms. The van der Waals surface area contributed by atoms with E-state index in [1.807, 2.05) is 37.3 Å². The molecule has 0 aliphatic carbocycles. The number of aromatic nitrogens is 4. The number of halogens is 2. The van der Waals surface area contributed by atoms with Gasteiger partial charge in [-0.25, -0.2) is 9.37 Å². The molecule has 0 N–H and O–H groups in total. The molecule has 3 aromatic heterocycles. The molecular formula is C16H10ClFN4. The third-order valence-electron chi connectivity index (χ3n) is 3.55. The maximum absolute atomic E-state index is 13.9. The first kappa shape index (κ1) is 13.2. The van der Waals surface area contributed by atoms with Crippen LogP contribution in [-0.4, -0.2) is 19.6 Å². The molecule has 1 aromatic carbocycles. The number of pyridine rings is 2. The van der Waals surface area contributed by atoms with Gasteiger partial charge < -0.3 is 0 Å². The molecule has 0 fully saturated rings. The molecular weight excluding hydrogens is 303 g/mol. The normalized spacial score (nSPS) is 11.4. The van der Waals surface area contributed by atoms with E-state index in [0.717, 1.165) is 16.5 Å². The Hall–Kier alpha value is -2.53. The zero-order valence-electron chi connectivity index (χ0n) is 11.6. The van der Waals surface area contributed by atoms with Crippen LogP contribution in [0.1, 0.15) is 5.56 Å². The van der Waals surface area contributed by atoms with Crippen molar-refractivity contribution >= 4 is 28.2 Å². The van der Waals surface area contributed by atoms with E-state index in [2.05, 4.69) is 15.2 Å². The van der Waals surface area contributed by atoms with Crippen LogP contribution < -0.4 is 0 Å². The third kappa shape index (κ3) is 1.94. The average molecular weight is 313 g/mol. The van der Waals surface area contributed by atoms with Crippen LogP contribution in [0.25, 0.3) is 28.1 Å². The predicted molar refractivity (Wildman–Crippen MR) is 83.4 cm³/mol. The topological polar surface area (TPSA) is 43.1 Å². The number of aryl methyl sites for hydroxylation is 1. The van der Waals surface area contributed by atoms with Gasteiger partial charge in [0.05, 0.1) is 10.5 Å². The highest BCUT2D eigenvalue weighted by Crippen LogP contribution is 2.26. The van der Waals surface area contributed by atoms with Crippen LogP contribution in [0, 0.1) is 12.7 Å². The number of rotatable bonds is 1. The van der Waals surface area contributed by atoms with Gasteiger partial charge in [-0.15, -0.1) is 10.2 Å². The summed E-state index contributed by atoms with van der Waals surface area (Å²) < 4.78 is 15.4. The van der Waals surface area contributed by atoms with Crippen molar-refractivity contribution in [3.63, 3.8) is 0 Å². The Kier molecular flexibility index (Phi) is 2.84. The van der Waals surface area contributed by atoms with Gasteiger partial charge in [0.15, 0.2) is 17.3 Å². The molecule has 0 unspecified atom stereocenters. The molecule has 0 aliphatic rings. The Bertz CT molecular complexity index is 1030. The number of para-hydroxylation sites is 1. The molecule has 108 valence electrons. The molecule has 0 spiro atoms. The second-order valence-electron chi connectivity index (χ2n) is 5.07. The Balaban J connectivity index is 2.05. The first-order valence-corrected chi connectivity index (χ1v) is 7.08. The number of hydrogen-bond donors (Lipinski definition) is 0. The second-order valence-corrected chi connectivity index (χ2v) is 5.51. The molecule has 22 heavy (non-hydrogen) atoms. The Morgan fingerprint density at radius 3 is 2.82 bits per heavy atom. The molecule has 4 aromatic rings. The highest BCUT2D eigenvalue weighted by Gasteiger charge is 2.16. The first-order valence-electron chi connectivity index (χ1n) is 6.70. The lowest BCUT2D eigenvalue weighted by Crippen LogP contribution is -1.96. The fourth-order valence-electron chi connectivity index (χ4n) is 2.53. The number of nitrogens with zero attached hydrogens (tertiary/aromatic N) is 4. The van der Waals surface area contributed by atoms with Crippen LogP contribution in [0.4, 0.5) is 4.39 Å². The van der Waals surface area contributed by atoms with Crippen molar-refractivity contribution in [1.82, 2.24) is 19.6 Å². The summed E-state index contributed by atoms with van der Waals surface area (Å²) in [4.78, 5) is 4.64. The fourth-order valence-corrected chi connectivity index (χ4v) is 2.73. The highest BCUT2D eigenvalue weighted by molar-refractivity contribution is 6.30. The summed E-state index contributed by atoms with van der Waals surface area (Å²) in [5, 5.41) is 9.31. The van der Waals surface area contributed by atoms with Crippen molar-refractivity contribution in [3.8, 4) is 11.5 Å². The minimum absolute atomic E-state index is 0.133. The molecule has 0 aliphatic heterocycles. The average Bonchev–Trinajstić information content (AvgIpc) is 2.90. The van der Waals surface area contributed by atoms with Gasteiger partial charge in [-0.1, -0.05) is 29.8 Å². The van der Waals surface area contributed by atoms with Crippen LogP contribution in [0.2, 0.25) is 5.02 Å². The van der Waals surface area contributed by atoms with E-state index >= 15 is 0 Å². The fraction of sp³-hybridized carbons (Fsp3) is 0.0625. The minimum Gasteiger partial charge on any atom is -0.277 e. The van der Waals surface area contributed by atoms with Crippen molar-refractivity contribution in [3.05, 3.63) is 59.0 Å². The molecule has 0 saturated carbocycles. The number of hydrogen-bond acceptors (Lipinski definition) is 3. The van der Waals surface area contributed by atoms with Crippen molar-refractivity contribution in [1.29, 1.82) is 0 Å². The van der Waals surface area contributed by atoms with Gasteiger partial charge >= 0.3 is 0 Å². The summed E-state index contributed by atoms with van der Waals surface area (Å²) >= 11 is 5.94. The SMILES string of the molecule is Cc1cc2ccccc2nc1-c1nnc2c(F)cc(Cl)cn12. The summed E-state index contributed by atoms with van der Waals surface area (Å²) in [7, 11) is 0. The lowest BCUT2D eigenvalue weighted by molar-refractivity contribution is 0.629. The minimum atomic E-state index is -0.510. The summed E-state index contributed by atoms with van der Waals surface area (Å²) in [6.07, 6.45) is 1.59. The van der Waals surface area contributed by atoms with Gasteiger partial charge in [-0.2, -0.15) is 0 Å². The van der Waals surface area contributed by atoms with Gasteiger partial charge in [-0.05, 0) is 30.7 Å². The third-order valence-corrected chi connectivity index (χ3v) is 3.76. The van der Waals surface area contributed by atoms with Crippen molar-refractivity contribution in [2.45, 2.75) is 6.92 Å². The predicted octanol–water partition coefficient (Wildman–Crippen LogP) is 4.05. The maximum atomic E-state index is 13.9. The number of benzene rings is 1. The Morgan fingerprint density at radius 2 is 1.95 bits per heavy atom. The molecule has 0 saturated heterocycles. The number of fused-ring (bicyclic) bond motifs is 2. The summed E-state index contributed by atoms with van der Waals surface area (Å²) in [5.41, 5.74) is 2.58. The summed E-state index contributed by atoms with van der Waals surface area (Å²) in [6.45, 7) is 1.94. The van der Waals surface area contributed by atoms with E-state index in [1.165, 1.54) is 10.5 Å².